The Hall–Kier alpha value is -1.47. The van der Waals surface area contributed by atoms with Crippen molar-refractivity contribution in [1.82, 2.24) is 9.97 Å². The number of hydrogen-bond donors (Lipinski definition) is 2. The predicted molar refractivity (Wildman–Crippen MR) is 49.3 cm³/mol. The van der Waals surface area contributed by atoms with E-state index in [0.29, 0.717) is 0 Å². The fraction of sp³-hybridized carbons (Fsp3) is 0.333. The minimum atomic E-state index is -0.679. The largest absolute Gasteiger partial charge is 0.395 e. The number of aromatic nitrogens is 2. The third-order valence-corrected chi connectivity index (χ3v) is 1.64. The molecule has 14 heavy (non-hydrogen) atoms. The molecule has 0 aromatic carbocycles. The van der Waals surface area contributed by atoms with Crippen LogP contribution in [0.5, 0.6) is 0 Å². The summed E-state index contributed by atoms with van der Waals surface area (Å²) in [7, 11) is 0. The average molecular weight is 219 g/mol. The minimum Gasteiger partial charge on any atom is -0.395 e. The van der Waals surface area contributed by atoms with Crippen LogP contribution in [0, 0.1) is 10.1 Å². The molecule has 0 radical (unpaired) electrons. The lowest BCUT2D eigenvalue weighted by molar-refractivity contribution is -0.384. The quantitative estimate of drug-likeness (QED) is 0.432. The first-order chi connectivity index (χ1) is 6.66. The van der Waals surface area contributed by atoms with Crippen LogP contribution in [-0.4, -0.2) is 33.1 Å². The van der Waals surface area contributed by atoms with Crippen molar-refractivity contribution in [2.45, 2.75) is 0 Å². The lowest BCUT2D eigenvalue weighted by Crippen LogP contribution is -2.09. The molecule has 0 saturated heterocycles. The van der Waals surface area contributed by atoms with Gasteiger partial charge in [-0.25, -0.2) is 9.97 Å². The average Bonchev–Trinajstić information content (AvgIpc) is 2.14. The van der Waals surface area contributed by atoms with Crippen molar-refractivity contribution in [3.63, 3.8) is 0 Å². The van der Waals surface area contributed by atoms with E-state index >= 15 is 0 Å². The predicted octanol–water partition coefficient (Wildman–Crippen LogP) is 0.442. The SMILES string of the molecule is O=[N+]([O-])c1c(Cl)ncnc1NCCO. The molecule has 0 amide bonds. The Morgan fingerprint density at radius 1 is 1.64 bits per heavy atom. The van der Waals surface area contributed by atoms with Crippen molar-refractivity contribution < 1.29 is 10.0 Å². The highest BCUT2D eigenvalue weighted by Crippen LogP contribution is 2.27. The van der Waals surface area contributed by atoms with E-state index in [1.807, 2.05) is 0 Å². The van der Waals surface area contributed by atoms with Gasteiger partial charge in [-0.1, -0.05) is 11.6 Å². The summed E-state index contributed by atoms with van der Waals surface area (Å²) < 4.78 is 0. The normalized spacial score (nSPS) is 9.86. The van der Waals surface area contributed by atoms with Crippen LogP contribution in [0.3, 0.4) is 0 Å². The first-order valence-electron chi connectivity index (χ1n) is 3.66. The highest BCUT2D eigenvalue weighted by atomic mass is 35.5. The van der Waals surface area contributed by atoms with Crippen LogP contribution in [0.4, 0.5) is 11.5 Å². The minimum absolute atomic E-state index is 0.00375. The van der Waals surface area contributed by atoms with Gasteiger partial charge in [-0.3, -0.25) is 10.1 Å². The van der Waals surface area contributed by atoms with Crippen LogP contribution in [0.1, 0.15) is 0 Å². The molecule has 0 bridgehead atoms. The summed E-state index contributed by atoms with van der Waals surface area (Å²) in [5, 5.41) is 21.4. The highest BCUT2D eigenvalue weighted by Gasteiger charge is 2.20. The van der Waals surface area contributed by atoms with Gasteiger partial charge in [-0.15, -0.1) is 0 Å². The zero-order chi connectivity index (χ0) is 10.6. The summed E-state index contributed by atoms with van der Waals surface area (Å²) in [5.74, 6) is 0.00375. The van der Waals surface area contributed by atoms with Crippen molar-refractivity contribution in [2.24, 2.45) is 0 Å². The molecule has 0 aliphatic rings. The van der Waals surface area contributed by atoms with Crippen molar-refractivity contribution in [2.75, 3.05) is 18.5 Å². The fourth-order valence-electron chi connectivity index (χ4n) is 0.823. The van der Waals surface area contributed by atoms with Gasteiger partial charge in [0.25, 0.3) is 0 Å². The number of rotatable bonds is 4. The Bertz CT molecular complexity index is 346. The first-order valence-corrected chi connectivity index (χ1v) is 4.04. The second-order valence-electron chi connectivity index (χ2n) is 2.27. The van der Waals surface area contributed by atoms with Crippen LogP contribution in [0.15, 0.2) is 6.33 Å². The van der Waals surface area contributed by atoms with Gasteiger partial charge in [0.05, 0.1) is 11.5 Å². The van der Waals surface area contributed by atoms with E-state index in [1.54, 1.807) is 0 Å². The molecule has 0 unspecified atom stereocenters. The summed E-state index contributed by atoms with van der Waals surface area (Å²) in [6.45, 7) is 0.00690. The third kappa shape index (κ3) is 2.27. The van der Waals surface area contributed by atoms with Gasteiger partial charge < -0.3 is 10.4 Å². The zero-order valence-corrected chi connectivity index (χ0v) is 7.73. The molecular formula is C6H7ClN4O3. The number of hydrogen-bond acceptors (Lipinski definition) is 6. The Labute approximate surface area is 83.9 Å². The second-order valence-corrected chi connectivity index (χ2v) is 2.63. The summed E-state index contributed by atoms with van der Waals surface area (Å²) >= 11 is 5.51. The van der Waals surface area contributed by atoms with E-state index < -0.39 is 4.92 Å². The van der Waals surface area contributed by atoms with Gasteiger partial charge in [0.1, 0.15) is 6.33 Å². The number of aliphatic hydroxyl groups excluding tert-OH is 1. The molecule has 7 nitrogen and oxygen atoms in total. The van der Waals surface area contributed by atoms with Gasteiger partial charge in [-0.05, 0) is 0 Å². The molecular weight excluding hydrogens is 212 g/mol. The van der Waals surface area contributed by atoms with Gasteiger partial charge in [-0.2, -0.15) is 0 Å². The van der Waals surface area contributed by atoms with Crippen LogP contribution >= 0.6 is 11.6 Å². The van der Waals surface area contributed by atoms with E-state index in [9.17, 15) is 10.1 Å². The lowest BCUT2D eigenvalue weighted by atomic mass is 10.4. The number of nitrogens with one attached hydrogen (secondary N) is 1. The summed E-state index contributed by atoms with van der Waals surface area (Å²) in [6, 6.07) is 0. The molecule has 1 aromatic rings. The van der Waals surface area contributed by atoms with Crippen LogP contribution in [0.25, 0.3) is 0 Å². The smallest absolute Gasteiger partial charge is 0.348 e. The van der Waals surface area contributed by atoms with Crippen LogP contribution in [-0.2, 0) is 0 Å². The van der Waals surface area contributed by atoms with E-state index in [1.165, 1.54) is 0 Å². The molecule has 76 valence electrons. The Balaban J connectivity index is 3.02. The molecule has 0 saturated carbocycles. The molecule has 0 aliphatic carbocycles. The first kappa shape index (κ1) is 10.6. The number of nitro groups is 1. The zero-order valence-electron chi connectivity index (χ0n) is 6.97. The van der Waals surface area contributed by atoms with Crippen molar-refractivity contribution >= 4 is 23.1 Å². The molecule has 0 aliphatic heterocycles. The molecule has 8 heteroatoms. The van der Waals surface area contributed by atoms with E-state index in [-0.39, 0.29) is 29.8 Å². The Morgan fingerprint density at radius 3 is 2.93 bits per heavy atom. The van der Waals surface area contributed by atoms with E-state index in [0.717, 1.165) is 6.33 Å². The molecule has 0 spiro atoms. The van der Waals surface area contributed by atoms with Crippen molar-refractivity contribution in [3.05, 3.63) is 21.6 Å². The standard InChI is InChI=1S/C6H7ClN4O3/c7-5-4(11(13)14)6(8-1-2-12)10-3-9-5/h3,12H,1-2H2,(H,8,9,10). The molecule has 0 atom stereocenters. The third-order valence-electron chi connectivity index (χ3n) is 1.36. The summed E-state index contributed by atoms with van der Waals surface area (Å²) in [5.41, 5.74) is -0.386. The number of nitrogens with zero attached hydrogens (tertiary/aromatic N) is 3. The number of halogens is 1. The van der Waals surface area contributed by atoms with E-state index in [4.69, 9.17) is 16.7 Å². The highest BCUT2D eigenvalue weighted by molar-refractivity contribution is 6.31. The number of anilines is 1. The topological polar surface area (TPSA) is 101 Å². The van der Waals surface area contributed by atoms with E-state index in [2.05, 4.69) is 15.3 Å². The molecule has 2 N–H and O–H groups in total. The van der Waals surface area contributed by atoms with Crippen LogP contribution in [0.2, 0.25) is 5.15 Å². The monoisotopic (exact) mass is 218 g/mol. The fourth-order valence-corrected chi connectivity index (χ4v) is 1.02. The van der Waals surface area contributed by atoms with Crippen LogP contribution < -0.4 is 5.32 Å². The molecule has 1 heterocycles. The Morgan fingerprint density at radius 2 is 2.36 bits per heavy atom. The molecule has 1 aromatic heterocycles. The summed E-state index contributed by atoms with van der Waals surface area (Å²) in [4.78, 5) is 17.0. The molecule has 0 fully saturated rings. The maximum Gasteiger partial charge on any atom is 0.348 e. The van der Waals surface area contributed by atoms with Gasteiger partial charge in [0.15, 0.2) is 0 Å². The van der Waals surface area contributed by atoms with Crippen molar-refractivity contribution in [3.8, 4) is 0 Å². The Kier molecular flexibility index (Phi) is 3.55. The van der Waals surface area contributed by atoms with Gasteiger partial charge >= 0.3 is 5.69 Å². The summed E-state index contributed by atoms with van der Waals surface area (Å²) in [6.07, 6.45) is 1.11. The maximum atomic E-state index is 10.5. The second kappa shape index (κ2) is 4.68. The van der Waals surface area contributed by atoms with Gasteiger partial charge in [0.2, 0.25) is 11.0 Å². The number of aliphatic hydroxyl groups is 1. The maximum absolute atomic E-state index is 10.5. The van der Waals surface area contributed by atoms with Gasteiger partial charge in [0, 0.05) is 6.54 Å². The lowest BCUT2D eigenvalue weighted by Gasteiger charge is -2.03. The van der Waals surface area contributed by atoms with Crippen molar-refractivity contribution in [1.29, 1.82) is 0 Å². The molecule has 1 rings (SSSR count).